The number of rotatable bonds is 5. The molecule has 1 aromatic rings. The van der Waals surface area contributed by atoms with Gasteiger partial charge in [-0.2, -0.15) is 0 Å². The van der Waals surface area contributed by atoms with Crippen LogP contribution in [0.4, 0.5) is 4.39 Å². The lowest BCUT2D eigenvalue weighted by molar-refractivity contribution is 0.116. The average Bonchev–Trinajstić information content (AvgIpc) is 3.08. The zero-order chi connectivity index (χ0) is 12.6. The fraction of sp³-hybridized carbons (Fsp3) is 0.625. The van der Waals surface area contributed by atoms with Crippen LogP contribution in [-0.2, 0) is 5.41 Å². The van der Waals surface area contributed by atoms with Crippen molar-refractivity contribution in [3.8, 4) is 0 Å². The van der Waals surface area contributed by atoms with E-state index in [1.165, 1.54) is 31.2 Å². The summed E-state index contributed by atoms with van der Waals surface area (Å²) in [5, 5.41) is 3.54. The highest BCUT2D eigenvalue weighted by Crippen LogP contribution is 2.68. The Morgan fingerprint density at radius 2 is 2.06 bits per heavy atom. The number of halogens is 1. The molecule has 2 heteroatoms. The maximum absolute atomic E-state index is 13.4. The van der Waals surface area contributed by atoms with Gasteiger partial charge in [-0.1, -0.05) is 19.1 Å². The fourth-order valence-electron chi connectivity index (χ4n) is 3.67. The molecule has 0 aliphatic heterocycles. The summed E-state index contributed by atoms with van der Waals surface area (Å²) in [6.45, 7) is 4.25. The van der Waals surface area contributed by atoms with Crippen LogP contribution in [0.3, 0.4) is 0 Å². The first-order valence-corrected chi connectivity index (χ1v) is 7.15. The molecule has 0 amide bonds. The maximum Gasteiger partial charge on any atom is 0.123 e. The van der Waals surface area contributed by atoms with E-state index in [2.05, 4.69) is 18.3 Å². The summed E-state index contributed by atoms with van der Waals surface area (Å²) in [7, 11) is 0. The summed E-state index contributed by atoms with van der Waals surface area (Å²) in [5.74, 6) is -0.0980. The first-order chi connectivity index (χ1) is 8.68. The number of hydrogen-bond acceptors (Lipinski definition) is 1. The molecule has 2 aliphatic carbocycles. The van der Waals surface area contributed by atoms with E-state index in [4.69, 9.17) is 0 Å². The second-order valence-electron chi connectivity index (χ2n) is 6.32. The van der Waals surface area contributed by atoms with Crippen molar-refractivity contribution in [2.24, 2.45) is 5.41 Å². The lowest BCUT2D eigenvalue weighted by Gasteiger charge is -2.49. The van der Waals surface area contributed by atoms with Crippen LogP contribution in [0.1, 0.15) is 44.6 Å². The molecular formula is C16H22FN. The third-order valence-electron chi connectivity index (χ3n) is 4.71. The summed E-state index contributed by atoms with van der Waals surface area (Å²) >= 11 is 0. The molecule has 1 aromatic carbocycles. The van der Waals surface area contributed by atoms with Crippen molar-refractivity contribution < 1.29 is 4.39 Å². The van der Waals surface area contributed by atoms with E-state index in [-0.39, 0.29) is 11.2 Å². The number of benzene rings is 1. The Morgan fingerprint density at radius 3 is 2.67 bits per heavy atom. The van der Waals surface area contributed by atoms with E-state index in [1.54, 1.807) is 12.1 Å². The molecule has 0 aromatic heterocycles. The van der Waals surface area contributed by atoms with Gasteiger partial charge in [-0.05, 0) is 61.8 Å². The molecule has 0 heterocycles. The third kappa shape index (κ3) is 2.07. The van der Waals surface area contributed by atoms with Gasteiger partial charge in [0.25, 0.3) is 0 Å². The SMILES string of the molecule is CCCNCC1(c2cccc(F)c2)CC2(CC2)C1. The minimum atomic E-state index is -0.0980. The smallest absolute Gasteiger partial charge is 0.123 e. The monoisotopic (exact) mass is 247 g/mol. The maximum atomic E-state index is 13.4. The van der Waals surface area contributed by atoms with Gasteiger partial charge in [0.2, 0.25) is 0 Å². The Kier molecular flexibility index (Phi) is 2.93. The standard InChI is InChI=1S/C16H22FN/c1-2-8-18-12-16(10-15(11-16)6-7-15)13-4-3-5-14(17)9-13/h3-5,9,18H,2,6-8,10-12H2,1H3. The lowest BCUT2D eigenvalue weighted by Crippen LogP contribution is -2.49. The normalized spacial score (nSPS) is 22.8. The molecule has 0 unspecified atom stereocenters. The largest absolute Gasteiger partial charge is 0.316 e. The molecule has 0 saturated heterocycles. The van der Waals surface area contributed by atoms with Crippen molar-refractivity contribution >= 4 is 0 Å². The van der Waals surface area contributed by atoms with E-state index in [1.807, 2.05) is 6.07 Å². The molecule has 1 spiro atoms. The Labute approximate surface area is 109 Å². The van der Waals surface area contributed by atoms with Gasteiger partial charge >= 0.3 is 0 Å². The van der Waals surface area contributed by atoms with Crippen molar-refractivity contribution in [2.45, 2.75) is 44.4 Å². The van der Waals surface area contributed by atoms with Gasteiger partial charge in [0.05, 0.1) is 0 Å². The molecule has 18 heavy (non-hydrogen) atoms. The lowest BCUT2D eigenvalue weighted by atomic mass is 9.56. The molecule has 0 atom stereocenters. The quantitative estimate of drug-likeness (QED) is 0.783. The predicted molar refractivity (Wildman–Crippen MR) is 72.1 cm³/mol. The highest BCUT2D eigenvalue weighted by molar-refractivity contribution is 5.34. The minimum absolute atomic E-state index is 0.0980. The van der Waals surface area contributed by atoms with Crippen LogP contribution >= 0.6 is 0 Å². The van der Waals surface area contributed by atoms with Crippen LogP contribution in [0.15, 0.2) is 24.3 Å². The van der Waals surface area contributed by atoms with E-state index in [9.17, 15) is 4.39 Å². The molecule has 0 radical (unpaired) electrons. The highest BCUT2D eigenvalue weighted by Gasteiger charge is 2.60. The van der Waals surface area contributed by atoms with Crippen LogP contribution in [0, 0.1) is 11.2 Å². The van der Waals surface area contributed by atoms with Gasteiger partial charge in [-0.3, -0.25) is 0 Å². The van der Waals surface area contributed by atoms with Crippen LogP contribution < -0.4 is 5.32 Å². The Morgan fingerprint density at radius 1 is 1.28 bits per heavy atom. The molecule has 1 nitrogen and oxygen atoms in total. The van der Waals surface area contributed by atoms with Gasteiger partial charge in [0.15, 0.2) is 0 Å². The predicted octanol–water partition coefficient (Wildman–Crippen LogP) is 3.64. The van der Waals surface area contributed by atoms with Gasteiger partial charge in [0, 0.05) is 12.0 Å². The Hall–Kier alpha value is -0.890. The molecule has 3 rings (SSSR count). The molecule has 1 N–H and O–H groups in total. The first-order valence-electron chi connectivity index (χ1n) is 7.15. The first kappa shape index (κ1) is 12.2. The fourth-order valence-corrected chi connectivity index (χ4v) is 3.67. The second kappa shape index (κ2) is 4.34. The Balaban J connectivity index is 1.77. The summed E-state index contributed by atoms with van der Waals surface area (Å²) in [6, 6.07) is 7.24. The summed E-state index contributed by atoms with van der Waals surface area (Å²) < 4.78 is 13.4. The minimum Gasteiger partial charge on any atom is -0.316 e. The van der Waals surface area contributed by atoms with Crippen molar-refractivity contribution in [3.05, 3.63) is 35.6 Å². The summed E-state index contributed by atoms with van der Waals surface area (Å²) in [4.78, 5) is 0. The second-order valence-corrected chi connectivity index (χ2v) is 6.32. The topological polar surface area (TPSA) is 12.0 Å². The summed E-state index contributed by atoms with van der Waals surface area (Å²) in [6.07, 6.45) is 6.43. The molecule has 98 valence electrons. The molecule has 2 aliphatic rings. The molecule has 2 fully saturated rings. The van der Waals surface area contributed by atoms with E-state index in [0.717, 1.165) is 19.5 Å². The van der Waals surface area contributed by atoms with Crippen LogP contribution in [0.2, 0.25) is 0 Å². The third-order valence-corrected chi connectivity index (χ3v) is 4.71. The Bertz CT molecular complexity index is 428. The van der Waals surface area contributed by atoms with Crippen molar-refractivity contribution in [1.82, 2.24) is 5.32 Å². The molecular weight excluding hydrogens is 225 g/mol. The van der Waals surface area contributed by atoms with Crippen molar-refractivity contribution in [2.75, 3.05) is 13.1 Å². The van der Waals surface area contributed by atoms with Crippen LogP contribution in [0.5, 0.6) is 0 Å². The van der Waals surface area contributed by atoms with Gasteiger partial charge in [-0.15, -0.1) is 0 Å². The highest BCUT2D eigenvalue weighted by atomic mass is 19.1. The van der Waals surface area contributed by atoms with Gasteiger partial charge in [-0.25, -0.2) is 4.39 Å². The zero-order valence-electron chi connectivity index (χ0n) is 11.1. The van der Waals surface area contributed by atoms with Crippen molar-refractivity contribution in [1.29, 1.82) is 0 Å². The number of hydrogen-bond donors (Lipinski definition) is 1. The van der Waals surface area contributed by atoms with Crippen LogP contribution in [-0.4, -0.2) is 13.1 Å². The average molecular weight is 247 g/mol. The molecule has 2 saturated carbocycles. The number of nitrogens with one attached hydrogen (secondary N) is 1. The van der Waals surface area contributed by atoms with E-state index in [0.29, 0.717) is 5.41 Å². The summed E-state index contributed by atoms with van der Waals surface area (Å²) in [5.41, 5.74) is 2.04. The van der Waals surface area contributed by atoms with E-state index < -0.39 is 0 Å². The van der Waals surface area contributed by atoms with Gasteiger partial charge < -0.3 is 5.32 Å². The van der Waals surface area contributed by atoms with E-state index >= 15 is 0 Å². The zero-order valence-corrected chi connectivity index (χ0v) is 11.1. The van der Waals surface area contributed by atoms with Crippen molar-refractivity contribution in [3.63, 3.8) is 0 Å². The van der Waals surface area contributed by atoms with Gasteiger partial charge in [0.1, 0.15) is 5.82 Å². The molecule has 0 bridgehead atoms. The van der Waals surface area contributed by atoms with Crippen LogP contribution in [0.25, 0.3) is 0 Å².